The van der Waals surface area contributed by atoms with Gasteiger partial charge in [0.2, 0.25) is 5.91 Å². The number of carbonyl (C=O) groups is 3. The average Bonchev–Trinajstić information content (AvgIpc) is 3.12. The maximum Gasteiger partial charge on any atom is 0.325 e. The van der Waals surface area contributed by atoms with Crippen molar-refractivity contribution in [3.05, 3.63) is 22.7 Å². The maximum atomic E-state index is 12.6. The number of benzene rings is 1. The maximum absolute atomic E-state index is 12.6. The van der Waals surface area contributed by atoms with Gasteiger partial charge in [0.15, 0.2) is 0 Å². The van der Waals surface area contributed by atoms with Crippen LogP contribution in [0.1, 0.15) is 12.0 Å². The molecule has 2 saturated heterocycles. The van der Waals surface area contributed by atoms with Crippen LogP contribution in [0.3, 0.4) is 0 Å². The van der Waals surface area contributed by atoms with Gasteiger partial charge in [-0.3, -0.25) is 14.5 Å². The summed E-state index contributed by atoms with van der Waals surface area (Å²) in [7, 11) is 1.47. The van der Waals surface area contributed by atoms with E-state index in [2.05, 4.69) is 10.6 Å². The number of halogens is 1. The van der Waals surface area contributed by atoms with Gasteiger partial charge in [-0.1, -0.05) is 11.6 Å². The third-order valence-electron chi connectivity index (χ3n) is 4.32. The number of amides is 4. The molecule has 4 amide bonds. The third kappa shape index (κ3) is 3.28. The summed E-state index contributed by atoms with van der Waals surface area (Å²) in [5, 5.41) is 5.92. The summed E-state index contributed by atoms with van der Waals surface area (Å²) >= 11 is 7.66. The molecule has 0 unspecified atom stereocenters. The Morgan fingerprint density at radius 2 is 2.24 bits per heavy atom. The number of hydrogen-bond donors (Lipinski definition) is 2. The Morgan fingerprint density at radius 3 is 2.88 bits per heavy atom. The van der Waals surface area contributed by atoms with Gasteiger partial charge in [0.25, 0.3) is 5.91 Å². The fourth-order valence-electron chi connectivity index (χ4n) is 2.92. The highest BCUT2D eigenvalue weighted by molar-refractivity contribution is 7.99. The van der Waals surface area contributed by atoms with Crippen LogP contribution in [0.15, 0.2) is 12.1 Å². The fourth-order valence-corrected chi connectivity index (χ4v) is 4.39. The minimum atomic E-state index is -0.851. The highest BCUT2D eigenvalue weighted by Gasteiger charge is 2.53. The summed E-state index contributed by atoms with van der Waals surface area (Å²) in [6.45, 7) is 1.46. The number of methoxy groups -OCH3 is 1. The van der Waals surface area contributed by atoms with Crippen LogP contribution in [0.25, 0.3) is 0 Å². The Labute approximate surface area is 154 Å². The van der Waals surface area contributed by atoms with Gasteiger partial charge in [-0.05, 0) is 30.7 Å². The molecule has 3 rings (SSSR count). The predicted octanol–water partition coefficient (Wildman–Crippen LogP) is 2.02. The van der Waals surface area contributed by atoms with E-state index < -0.39 is 17.5 Å². The summed E-state index contributed by atoms with van der Waals surface area (Å²) in [5.74, 6) is 0.945. The van der Waals surface area contributed by atoms with Gasteiger partial charge < -0.3 is 15.4 Å². The first-order chi connectivity index (χ1) is 11.9. The van der Waals surface area contributed by atoms with Crippen LogP contribution in [-0.2, 0) is 9.59 Å². The van der Waals surface area contributed by atoms with Crippen molar-refractivity contribution in [2.45, 2.75) is 18.9 Å². The van der Waals surface area contributed by atoms with Gasteiger partial charge >= 0.3 is 6.03 Å². The van der Waals surface area contributed by atoms with Gasteiger partial charge in [0.05, 0.1) is 12.8 Å². The Bertz CT molecular complexity index is 749. The molecule has 2 heterocycles. The Kier molecular flexibility index (Phi) is 4.83. The predicted molar refractivity (Wildman–Crippen MR) is 96.3 cm³/mol. The minimum Gasteiger partial charge on any atom is -0.495 e. The van der Waals surface area contributed by atoms with Gasteiger partial charge in [-0.25, -0.2) is 4.79 Å². The smallest absolute Gasteiger partial charge is 0.325 e. The number of anilines is 1. The van der Waals surface area contributed by atoms with E-state index >= 15 is 0 Å². The molecule has 0 saturated carbocycles. The number of nitrogens with zero attached hydrogens (tertiary/aromatic N) is 1. The number of thioether (sulfide) groups is 1. The number of rotatable bonds is 4. The van der Waals surface area contributed by atoms with E-state index in [4.69, 9.17) is 16.3 Å². The first-order valence-corrected chi connectivity index (χ1v) is 9.25. The summed E-state index contributed by atoms with van der Waals surface area (Å²) in [4.78, 5) is 38.0. The molecule has 1 spiro atoms. The van der Waals surface area contributed by atoms with Gasteiger partial charge in [0, 0.05) is 16.8 Å². The van der Waals surface area contributed by atoms with Crippen molar-refractivity contribution < 1.29 is 19.1 Å². The molecule has 1 aromatic carbocycles. The van der Waals surface area contributed by atoms with E-state index in [1.165, 1.54) is 7.11 Å². The van der Waals surface area contributed by atoms with E-state index in [-0.39, 0.29) is 12.5 Å². The van der Waals surface area contributed by atoms with Crippen LogP contribution in [0, 0.1) is 6.92 Å². The topological polar surface area (TPSA) is 87.7 Å². The van der Waals surface area contributed by atoms with Crippen LogP contribution < -0.4 is 15.4 Å². The molecule has 0 bridgehead atoms. The molecule has 25 heavy (non-hydrogen) atoms. The Balaban J connectivity index is 1.72. The van der Waals surface area contributed by atoms with Gasteiger partial charge in [-0.15, -0.1) is 0 Å². The molecule has 134 valence electrons. The van der Waals surface area contributed by atoms with Crippen molar-refractivity contribution in [3.63, 3.8) is 0 Å². The first kappa shape index (κ1) is 17.9. The Hall–Kier alpha value is -1.93. The number of carbonyl (C=O) groups excluding carboxylic acids is 3. The molecule has 0 radical (unpaired) electrons. The van der Waals surface area contributed by atoms with E-state index in [9.17, 15) is 14.4 Å². The molecule has 2 fully saturated rings. The zero-order chi connectivity index (χ0) is 18.2. The summed E-state index contributed by atoms with van der Waals surface area (Å²) < 4.78 is 5.21. The standard InChI is InChI=1S/C16H18ClN3O4S/c1-9-5-11(12(24-2)6-10(9)17)18-13(21)7-20-14(22)16(19-15(20)23)3-4-25-8-16/h5-6H,3-4,7-8H2,1-2H3,(H,18,21)(H,19,23)/t16-/m0/s1. The zero-order valence-electron chi connectivity index (χ0n) is 13.8. The van der Waals surface area contributed by atoms with Crippen LogP contribution in [-0.4, -0.2) is 53.4 Å². The molecule has 1 aromatic rings. The minimum absolute atomic E-state index is 0.336. The lowest BCUT2D eigenvalue weighted by molar-refractivity contribution is -0.133. The van der Waals surface area contributed by atoms with Crippen LogP contribution >= 0.6 is 23.4 Å². The molecular weight excluding hydrogens is 366 g/mol. The monoisotopic (exact) mass is 383 g/mol. The summed E-state index contributed by atoms with van der Waals surface area (Å²) in [5.41, 5.74) is 0.360. The summed E-state index contributed by atoms with van der Waals surface area (Å²) in [6.07, 6.45) is 0.588. The van der Waals surface area contributed by atoms with E-state index in [1.807, 2.05) is 0 Å². The van der Waals surface area contributed by atoms with Crippen LogP contribution in [0.5, 0.6) is 5.75 Å². The number of imide groups is 1. The number of urea groups is 1. The lowest BCUT2D eigenvalue weighted by atomic mass is 9.99. The molecule has 1 atom stereocenters. The van der Waals surface area contributed by atoms with Crippen LogP contribution in [0.2, 0.25) is 5.02 Å². The third-order valence-corrected chi connectivity index (χ3v) is 5.92. The molecule has 7 nitrogen and oxygen atoms in total. The normalized spacial score (nSPS) is 22.4. The zero-order valence-corrected chi connectivity index (χ0v) is 15.4. The van der Waals surface area contributed by atoms with Crippen molar-refractivity contribution in [2.75, 3.05) is 30.5 Å². The lowest BCUT2D eigenvalue weighted by Gasteiger charge is -2.19. The molecular formula is C16H18ClN3O4S. The molecule has 0 aromatic heterocycles. The van der Waals surface area contributed by atoms with Crippen LogP contribution in [0.4, 0.5) is 10.5 Å². The van der Waals surface area contributed by atoms with Crippen molar-refractivity contribution in [1.82, 2.24) is 10.2 Å². The second kappa shape index (κ2) is 6.76. The number of aryl methyl sites for hydroxylation is 1. The molecule has 9 heteroatoms. The molecule has 2 N–H and O–H groups in total. The molecule has 0 aliphatic carbocycles. The summed E-state index contributed by atoms with van der Waals surface area (Å²) in [6, 6.07) is 2.76. The van der Waals surface area contributed by atoms with Gasteiger partial charge in [-0.2, -0.15) is 11.8 Å². The highest BCUT2D eigenvalue weighted by Crippen LogP contribution is 2.34. The lowest BCUT2D eigenvalue weighted by Crippen LogP contribution is -2.47. The van der Waals surface area contributed by atoms with E-state index in [0.29, 0.717) is 28.6 Å². The quantitative estimate of drug-likeness (QED) is 0.777. The fraction of sp³-hybridized carbons (Fsp3) is 0.438. The highest BCUT2D eigenvalue weighted by atomic mass is 35.5. The molecule has 2 aliphatic heterocycles. The SMILES string of the molecule is COc1cc(Cl)c(C)cc1NC(=O)CN1C(=O)N[C@]2(CCSC2)C1=O. The van der Waals surface area contributed by atoms with E-state index in [1.54, 1.807) is 30.8 Å². The van der Waals surface area contributed by atoms with E-state index in [0.717, 1.165) is 16.2 Å². The number of ether oxygens (including phenoxy) is 1. The second-order valence-corrected chi connectivity index (χ2v) is 7.57. The second-order valence-electron chi connectivity index (χ2n) is 6.06. The van der Waals surface area contributed by atoms with Crippen molar-refractivity contribution in [3.8, 4) is 5.75 Å². The van der Waals surface area contributed by atoms with Crippen molar-refractivity contribution in [2.24, 2.45) is 0 Å². The van der Waals surface area contributed by atoms with Gasteiger partial charge in [0.1, 0.15) is 17.8 Å². The largest absolute Gasteiger partial charge is 0.495 e. The molecule has 2 aliphatic rings. The number of hydrogen-bond acceptors (Lipinski definition) is 5. The average molecular weight is 384 g/mol. The first-order valence-electron chi connectivity index (χ1n) is 7.72. The van der Waals surface area contributed by atoms with Crippen molar-refractivity contribution in [1.29, 1.82) is 0 Å². The number of nitrogens with one attached hydrogen (secondary N) is 2. The van der Waals surface area contributed by atoms with Crippen molar-refractivity contribution >= 4 is 46.9 Å². The Morgan fingerprint density at radius 1 is 1.48 bits per heavy atom.